The second-order valence-electron chi connectivity index (χ2n) is 6.64. The van der Waals surface area contributed by atoms with E-state index in [0.717, 1.165) is 0 Å². The van der Waals surface area contributed by atoms with Crippen LogP contribution < -0.4 is 14.2 Å². The zero-order valence-corrected chi connectivity index (χ0v) is 16.1. The molecule has 0 radical (unpaired) electrons. The summed E-state index contributed by atoms with van der Waals surface area (Å²) < 4.78 is 43.0. The van der Waals surface area contributed by atoms with Gasteiger partial charge in [0, 0.05) is 32.2 Å². The number of carbonyl (C=O) groups is 1. The Labute approximate surface area is 163 Å². The molecule has 0 aliphatic carbocycles. The van der Waals surface area contributed by atoms with E-state index in [1.165, 1.54) is 22.5 Å². The van der Waals surface area contributed by atoms with E-state index in [-0.39, 0.29) is 17.3 Å². The van der Waals surface area contributed by atoms with Crippen molar-refractivity contribution in [1.29, 1.82) is 0 Å². The summed E-state index contributed by atoms with van der Waals surface area (Å²) >= 11 is 0. The van der Waals surface area contributed by atoms with Crippen LogP contribution in [0.2, 0.25) is 0 Å². The smallest absolute Gasteiger partial charge is 0.343 e. The molecule has 0 aromatic heterocycles. The van der Waals surface area contributed by atoms with Crippen molar-refractivity contribution in [2.24, 2.45) is 0 Å². The lowest BCUT2D eigenvalue weighted by atomic mass is 10.2. The fraction of sp³-hybridized carbons (Fsp3) is 0.316. The number of esters is 1. The first-order valence-corrected chi connectivity index (χ1v) is 10.3. The quantitative estimate of drug-likeness (QED) is 0.565. The highest BCUT2D eigenvalue weighted by atomic mass is 32.2. The summed E-state index contributed by atoms with van der Waals surface area (Å²) in [6.45, 7) is 2.31. The molecule has 4 rings (SSSR count). The molecule has 2 aliphatic heterocycles. The Hall–Kier alpha value is -2.62. The zero-order chi connectivity index (χ0) is 19.7. The molecule has 0 spiro atoms. The van der Waals surface area contributed by atoms with Gasteiger partial charge in [-0.1, -0.05) is 6.07 Å². The molecule has 0 bridgehead atoms. The normalized spacial score (nSPS) is 17.5. The van der Waals surface area contributed by atoms with E-state index >= 15 is 0 Å². The molecule has 2 aromatic carbocycles. The first kappa shape index (κ1) is 18.7. The van der Waals surface area contributed by atoms with Crippen molar-refractivity contribution < 1.29 is 27.4 Å². The standard InChI is InChI=1S/C19H20N2O6S/c1-20-7-9-21(10-8-20)28(23,24)16-4-2-3-14(11-16)19(22)27-15-5-6-17-18(12-15)26-13-25-17/h2-6,11-12H,7-10,13H2,1H3. The lowest BCUT2D eigenvalue weighted by Gasteiger charge is -2.31. The minimum absolute atomic E-state index is 0.0807. The predicted octanol–water partition coefficient (Wildman–Crippen LogP) is 1.57. The zero-order valence-electron chi connectivity index (χ0n) is 15.3. The van der Waals surface area contributed by atoms with Gasteiger partial charge in [-0.05, 0) is 37.4 Å². The number of sulfonamides is 1. The van der Waals surface area contributed by atoms with Crippen molar-refractivity contribution in [3.05, 3.63) is 48.0 Å². The molecule has 0 unspecified atom stereocenters. The largest absolute Gasteiger partial charge is 0.454 e. The fourth-order valence-electron chi connectivity index (χ4n) is 3.07. The van der Waals surface area contributed by atoms with Gasteiger partial charge in [0.25, 0.3) is 0 Å². The molecule has 2 aromatic rings. The Bertz CT molecular complexity index is 999. The van der Waals surface area contributed by atoms with E-state index < -0.39 is 16.0 Å². The van der Waals surface area contributed by atoms with Gasteiger partial charge in [-0.3, -0.25) is 0 Å². The average Bonchev–Trinajstić information content (AvgIpc) is 3.16. The Morgan fingerprint density at radius 2 is 1.75 bits per heavy atom. The number of benzene rings is 2. The predicted molar refractivity (Wildman–Crippen MR) is 100 cm³/mol. The molecular formula is C19H20N2O6S. The third-order valence-corrected chi connectivity index (χ3v) is 6.62. The van der Waals surface area contributed by atoms with Crippen molar-refractivity contribution in [1.82, 2.24) is 9.21 Å². The summed E-state index contributed by atoms with van der Waals surface area (Å²) in [7, 11) is -1.70. The van der Waals surface area contributed by atoms with Gasteiger partial charge in [0.05, 0.1) is 10.5 Å². The van der Waals surface area contributed by atoms with Crippen LogP contribution in [0.4, 0.5) is 0 Å². The summed E-state index contributed by atoms with van der Waals surface area (Å²) in [5.74, 6) is 0.729. The lowest BCUT2D eigenvalue weighted by Crippen LogP contribution is -2.47. The SMILES string of the molecule is CN1CCN(S(=O)(=O)c2cccc(C(=O)Oc3ccc4c(c3)OCO4)c2)CC1. The first-order valence-electron chi connectivity index (χ1n) is 8.84. The molecule has 0 atom stereocenters. The summed E-state index contributed by atoms with van der Waals surface area (Å²) in [5.41, 5.74) is 0.160. The molecule has 1 fully saturated rings. The van der Waals surface area contributed by atoms with E-state index in [2.05, 4.69) is 4.90 Å². The molecule has 2 heterocycles. The molecule has 0 N–H and O–H groups in total. The number of ether oxygens (including phenoxy) is 3. The molecule has 9 heteroatoms. The second-order valence-corrected chi connectivity index (χ2v) is 8.58. The number of piperazine rings is 1. The van der Waals surface area contributed by atoms with Crippen LogP contribution in [-0.2, 0) is 10.0 Å². The summed E-state index contributed by atoms with van der Waals surface area (Å²) in [6, 6.07) is 10.7. The van der Waals surface area contributed by atoms with Crippen LogP contribution in [0.25, 0.3) is 0 Å². The van der Waals surface area contributed by atoms with Gasteiger partial charge in [0.1, 0.15) is 5.75 Å². The van der Waals surface area contributed by atoms with Gasteiger partial charge in [-0.2, -0.15) is 4.31 Å². The Morgan fingerprint density at radius 3 is 2.54 bits per heavy atom. The molecule has 28 heavy (non-hydrogen) atoms. The summed E-state index contributed by atoms with van der Waals surface area (Å²) in [6.07, 6.45) is 0. The number of hydrogen-bond acceptors (Lipinski definition) is 7. The van der Waals surface area contributed by atoms with E-state index in [1.54, 1.807) is 24.3 Å². The molecule has 148 valence electrons. The van der Waals surface area contributed by atoms with E-state index in [9.17, 15) is 13.2 Å². The average molecular weight is 404 g/mol. The number of rotatable bonds is 4. The molecule has 0 saturated carbocycles. The van der Waals surface area contributed by atoms with Crippen LogP contribution in [-0.4, -0.2) is 63.6 Å². The Kier molecular flexibility index (Phi) is 4.96. The number of fused-ring (bicyclic) bond motifs is 1. The van der Waals surface area contributed by atoms with E-state index in [0.29, 0.717) is 43.4 Å². The van der Waals surface area contributed by atoms with Gasteiger partial charge in [0.2, 0.25) is 16.8 Å². The van der Waals surface area contributed by atoms with Gasteiger partial charge >= 0.3 is 5.97 Å². The van der Waals surface area contributed by atoms with Crippen molar-refractivity contribution >= 4 is 16.0 Å². The van der Waals surface area contributed by atoms with Crippen molar-refractivity contribution in [2.45, 2.75) is 4.90 Å². The molecular weight excluding hydrogens is 384 g/mol. The van der Waals surface area contributed by atoms with Gasteiger partial charge in [-0.25, -0.2) is 13.2 Å². The molecule has 1 saturated heterocycles. The minimum Gasteiger partial charge on any atom is -0.454 e. The van der Waals surface area contributed by atoms with Gasteiger partial charge in [0.15, 0.2) is 11.5 Å². The van der Waals surface area contributed by atoms with Crippen molar-refractivity contribution in [3.8, 4) is 17.2 Å². The van der Waals surface area contributed by atoms with Crippen molar-refractivity contribution in [3.63, 3.8) is 0 Å². The fourth-order valence-corrected chi connectivity index (χ4v) is 4.54. The first-order chi connectivity index (χ1) is 13.4. The maximum atomic E-state index is 12.9. The third kappa shape index (κ3) is 3.68. The van der Waals surface area contributed by atoms with Crippen LogP contribution in [0.1, 0.15) is 10.4 Å². The molecule has 0 amide bonds. The number of carbonyl (C=O) groups excluding carboxylic acids is 1. The maximum absolute atomic E-state index is 12.9. The highest BCUT2D eigenvalue weighted by molar-refractivity contribution is 7.89. The summed E-state index contributed by atoms with van der Waals surface area (Å²) in [5, 5.41) is 0. The number of hydrogen-bond donors (Lipinski definition) is 0. The van der Waals surface area contributed by atoms with E-state index in [1.807, 2.05) is 7.05 Å². The highest BCUT2D eigenvalue weighted by Crippen LogP contribution is 2.35. The van der Waals surface area contributed by atoms with Crippen molar-refractivity contribution in [2.75, 3.05) is 40.0 Å². The third-order valence-electron chi connectivity index (χ3n) is 4.72. The van der Waals surface area contributed by atoms with Crippen LogP contribution in [0.15, 0.2) is 47.4 Å². The Morgan fingerprint density at radius 1 is 1.00 bits per heavy atom. The van der Waals surface area contributed by atoms with Gasteiger partial charge < -0.3 is 19.1 Å². The monoisotopic (exact) mass is 404 g/mol. The minimum atomic E-state index is -3.66. The Balaban J connectivity index is 1.52. The summed E-state index contributed by atoms with van der Waals surface area (Å²) in [4.78, 5) is 14.7. The number of nitrogens with zero attached hydrogens (tertiary/aromatic N) is 2. The van der Waals surface area contributed by atoms with Crippen LogP contribution in [0.3, 0.4) is 0 Å². The molecule has 2 aliphatic rings. The molecule has 8 nitrogen and oxygen atoms in total. The van der Waals surface area contributed by atoms with Crippen LogP contribution in [0.5, 0.6) is 17.2 Å². The maximum Gasteiger partial charge on any atom is 0.343 e. The van der Waals surface area contributed by atoms with E-state index in [4.69, 9.17) is 14.2 Å². The highest BCUT2D eigenvalue weighted by Gasteiger charge is 2.28. The van der Waals surface area contributed by atoms with Crippen LogP contribution >= 0.6 is 0 Å². The van der Waals surface area contributed by atoms with Gasteiger partial charge in [-0.15, -0.1) is 0 Å². The lowest BCUT2D eigenvalue weighted by molar-refractivity contribution is 0.0734. The topological polar surface area (TPSA) is 85.4 Å². The number of likely N-dealkylation sites (N-methyl/N-ethyl adjacent to an activating group) is 1. The second kappa shape index (κ2) is 7.42. The van der Waals surface area contributed by atoms with Crippen LogP contribution in [0, 0.1) is 0 Å².